The van der Waals surface area contributed by atoms with Crippen molar-refractivity contribution >= 4 is 0 Å². The first-order valence-corrected chi connectivity index (χ1v) is 6.58. The molecule has 4 heteroatoms. The van der Waals surface area contributed by atoms with Crippen LogP contribution < -0.4 is 5.32 Å². The van der Waals surface area contributed by atoms with Crippen LogP contribution in [-0.2, 0) is 14.2 Å². The first-order valence-electron chi connectivity index (χ1n) is 6.58. The lowest BCUT2D eigenvalue weighted by molar-refractivity contribution is -0.0343. The zero-order valence-electron chi connectivity index (χ0n) is 11.5. The molecule has 0 spiro atoms. The number of ether oxygens (including phenoxy) is 3. The molecule has 0 aromatic rings. The van der Waals surface area contributed by atoms with Crippen molar-refractivity contribution in [2.75, 3.05) is 46.1 Å². The van der Waals surface area contributed by atoms with E-state index in [0.717, 1.165) is 32.9 Å². The molecule has 4 nitrogen and oxygen atoms in total. The topological polar surface area (TPSA) is 39.7 Å². The zero-order chi connectivity index (χ0) is 12.6. The first-order chi connectivity index (χ1) is 8.08. The fourth-order valence-corrected chi connectivity index (χ4v) is 1.70. The van der Waals surface area contributed by atoms with E-state index < -0.39 is 0 Å². The first kappa shape index (κ1) is 14.9. The van der Waals surface area contributed by atoms with Crippen LogP contribution in [0.25, 0.3) is 0 Å². The molecular formula is C13H27NO3. The Kier molecular flexibility index (Phi) is 7.04. The molecule has 1 atom stereocenters. The number of hydrogen-bond acceptors (Lipinski definition) is 4. The van der Waals surface area contributed by atoms with Crippen molar-refractivity contribution in [3.63, 3.8) is 0 Å². The van der Waals surface area contributed by atoms with Crippen molar-refractivity contribution in [1.29, 1.82) is 0 Å². The molecule has 1 aliphatic rings. The molecular weight excluding hydrogens is 218 g/mol. The molecule has 0 bridgehead atoms. The third-order valence-electron chi connectivity index (χ3n) is 2.64. The highest BCUT2D eigenvalue weighted by molar-refractivity contribution is 4.66. The monoisotopic (exact) mass is 245 g/mol. The number of hydrogen-bond donors (Lipinski definition) is 1. The molecule has 0 aliphatic carbocycles. The van der Waals surface area contributed by atoms with Gasteiger partial charge in [-0.05, 0) is 33.1 Å². The van der Waals surface area contributed by atoms with E-state index in [0.29, 0.717) is 19.1 Å². The molecule has 0 aromatic carbocycles. The second-order valence-corrected chi connectivity index (χ2v) is 5.51. The quantitative estimate of drug-likeness (QED) is 0.657. The minimum atomic E-state index is -0.0654. The maximum absolute atomic E-state index is 5.56. The van der Waals surface area contributed by atoms with Gasteiger partial charge in [0, 0.05) is 19.7 Å². The fourth-order valence-electron chi connectivity index (χ4n) is 1.70. The minimum absolute atomic E-state index is 0.0654. The Labute approximate surface area is 105 Å². The molecule has 0 aromatic heterocycles. The summed E-state index contributed by atoms with van der Waals surface area (Å²) < 4.78 is 16.3. The van der Waals surface area contributed by atoms with Crippen LogP contribution in [0.15, 0.2) is 0 Å². The van der Waals surface area contributed by atoms with Gasteiger partial charge in [-0.3, -0.25) is 0 Å². The average Bonchev–Trinajstić information content (AvgIpc) is 2.73. The molecule has 0 radical (unpaired) electrons. The van der Waals surface area contributed by atoms with Crippen LogP contribution in [0.1, 0.15) is 27.2 Å². The standard InChI is InChI=1S/C13H27NO3/c1-13(2,3)17-9-8-15-7-5-14-10-12-4-6-16-11-12/h12,14H,4-11H2,1-3H3. The molecule has 102 valence electrons. The van der Waals surface area contributed by atoms with E-state index >= 15 is 0 Å². The van der Waals surface area contributed by atoms with Gasteiger partial charge in [0.05, 0.1) is 32.0 Å². The second kappa shape index (κ2) is 8.03. The van der Waals surface area contributed by atoms with Gasteiger partial charge in [0.25, 0.3) is 0 Å². The SMILES string of the molecule is CC(C)(C)OCCOCCNCC1CCOC1. The van der Waals surface area contributed by atoms with Crippen LogP contribution in [0.5, 0.6) is 0 Å². The van der Waals surface area contributed by atoms with E-state index in [2.05, 4.69) is 26.1 Å². The Morgan fingerprint density at radius 2 is 2.06 bits per heavy atom. The normalized spacial score (nSPS) is 21.0. The van der Waals surface area contributed by atoms with Gasteiger partial charge in [-0.25, -0.2) is 0 Å². The van der Waals surface area contributed by atoms with Crippen LogP contribution in [0.3, 0.4) is 0 Å². The van der Waals surface area contributed by atoms with Gasteiger partial charge in [-0.2, -0.15) is 0 Å². The van der Waals surface area contributed by atoms with Crippen molar-refractivity contribution in [1.82, 2.24) is 5.32 Å². The summed E-state index contributed by atoms with van der Waals surface area (Å²) in [4.78, 5) is 0. The predicted molar refractivity (Wildman–Crippen MR) is 68.3 cm³/mol. The van der Waals surface area contributed by atoms with Gasteiger partial charge < -0.3 is 19.5 Å². The van der Waals surface area contributed by atoms with Gasteiger partial charge in [0.15, 0.2) is 0 Å². The van der Waals surface area contributed by atoms with Crippen LogP contribution in [0, 0.1) is 5.92 Å². The van der Waals surface area contributed by atoms with Gasteiger partial charge in [0.1, 0.15) is 0 Å². The predicted octanol–water partition coefficient (Wildman–Crippen LogP) is 1.44. The molecule has 1 N–H and O–H groups in total. The van der Waals surface area contributed by atoms with Crippen LogP contribution >= 0.6 is 0 Å². The van der Waals surface area contributed by atoms with E-state index in [9.17, 15) is 0 Å². The smallest absolute Gasteiger partial charge is 0.0707 e. The molecule has 0 amide bonds. The third kappa shape index (κ3) is 8.55. The molecule has 1 rings (SSSR count). The zero-order valence-corrected chi connectivity index (χ0v) is 11.5. The van der Waals surface area contributed by atoms with E-state index in [1.807, 2.05) is 0 Å². The summed E-state index contributed by atoms with van der Waals surface area (Å²) in [5.41, 5.74) is -0.0654. The van der Waals surface area contributed by atoms with E-state index in [1.165, 1.54) is 6.42 Å². The summed E-state index contributed by atoms with van der Waals surface area (Å²) in [6.45, 7) is 12.0. The van der Waals surface area contributed by atoms with E-state index in [4.69, 9.17) is 14.2 Å². The van der Waals surface area contributed by atoms with Gasteiger partial charge in [0.2, 0.25) is 0 Å². The van der Waals surface area contributed by atoms with Gasteiger partial charge >= 0.3 is 0 Å². The van der Waals surface area contributed by atoms with Gasteiger partial charge in [-0.1, -0.05) is 0 Å². The molecule has 1 heterocycles. The molecule has 1 fully saturated rings. The highest BCUT2D eigenvalue weighted by Crippen LogP contribution is 2.10. The second-order valence-electron chi connectivity index (χ2n) is 5.51. The number of nitrogens with one attached hydrogen (secondary N) is 1. The largest absolute Gasteiger partial charge is 0.381 e. The van der Waals surface area contributed by atoms with Crippen molar-refractivity contribution < 1.29 is 14.2 Å². The lowest BCUT2D eigenvalue weighted by Crippen LogP contribution is -2.27. The van der Waals surface area contributed by atoms with Crippen molar-refractivity contribution in [3.8, 4) is 0 Å². The highest BCUT2D eigenvalue weighted by atomic mass is 16.5. The molecule has 1 saturated heterocycles. The van der Waals surface area contributed by atoms with Gasteiger partial charge in [-0.15, -0.1) is 0 Å². The minimum Gasteiger partial charge on any atom is -0.381 e. The molecule has 0 saturated carbocycles. The summed E-state index contributed by atoms with van der Waals surface area (Å²) in [5.74, 6) is 0.694. The Morgan fingerprint density at radius 3 is 2.71 bits per heavy atom. The lowest BCUT2D eigenvalue weighted by Gasteiger charge is -2.19. The molecule has 1 aliphatic heterocycles. The molecule has 17 heavy (non-hydrogen) atoms. The Morgan fingerprint density at radius 1 is 1.24 bits per heavy atom. The van der Waals surface area contributed by atoms with Crippen LogP contribution in [-0.4, -0.2) is 51.7 Å². The summed E-state index contributed by atoms with van der Waals surface area (Å²) in [7, 11) is 0. The summed E-state index contributed by atoms with van der Waals surface area (Å²) in [5, 5.41) is 3.39. The summed E-state index contributed by atoms with van der Waals surface area (Å²) in [6, 6.07) is 0. The molecule has 1 unspecified atom stereocenters. The lowest BCUT2D eigenvalue weighted by atomic mass is 10.1. The van der Waals surface area contributed by atoms with E-state index in [1.54, 1.807) is 0 Å². The summed E-state index contributed by atoms with van der Waals surface area (Å²) in [6.07, 6.45) is 1.19. The fraction of sp³-hybridized carbons (Fsp3) is 1.00. The maximum Gasteiger partial charge on any atom is 0.0707 e. The Balaban J connectivity index is 1.78. The number of rotatable bonds is 8. The van der Waals surface area contributed by atoms with Crippen LogP contribution in [0.4, 0.5) is 0 Å². The highest BCUT2D eigenvalue weighted by Gasteiger charge is 2.14. The summed E-state index contributed by atoms with van der Waals surface area (Å²) >= 11 is 0. The Bertz CT molecular complexity index is 186. The third-order valence-corrected chi connectivity index (χ3v) is 2.64. The average molecular weight is 245 g/mol. The van der Waals surface area contributed by atoms with E-state index in [-0.39, 0.29) is 5.60 Å². The van der Waals surface area contributed by atoms with Crippen molar-refractivity contribution in [2.45, 2.75) is 32.8 Å². The van der Waals surface area contributed by atoms with Crippen molar-refractivity contribution in [3.05, 3.63) is 0 Å². The van der Waals surface area contributed by atoms with Crippen LogP contribution in [0.2, 0.25) is 0 Å². The Hall–Kier alpha value is -0.160. The maximum atomic E-state index is 5.56. The van der Waals surface area contributed by atoms with Crippen molar-refractivity contribution in [2.24, 2.45) is 5.92 Å².